The Kier molecular flexibility index (Phi) is 3.96. The van der Waals surface area contributed by atoms with E-state index < -0.39 is 10.0 Å². The lowest BCUT2D eigenvalue weighted by Crippen LogP contribution is -2.26. The first kappa shape index (κ1) is 18.2. The predicted octanol–water partition coefficient (Wildman–Crippen LogP) is 3.93. The largest absolute Gasteiger partial charge is 0.350 e. The monoisotopic (exact) mass is 406 g/mol. The van der Waals surface area contributed by atoms with E-state index in [-0.39, 0.29) is 11.7 Å². The van der Waals surface area contributed by atoms with Crippen LogP contribution >= 0.6 is 0 Å². The highest BCUT2D eigenvalue weighted by molar-refractivity contribution is 7.89. The number of carbonyl (C=O) groups excluding carboxylic acids is 1. The van der Waals surface area contributed by atoms with Crippen LogP contribution in [0.3, 0.4) is 0 Å². The molecule has 0 amide bonds. The number of para-hydroxylation sites is 2. The van der Waals surface area contributed by atoms with Crippen LogP contribution in [0, 0.1) is 5.92 Å². The number of Topliss-reactive ketones (excluding diaryl/α,β-unsaturated/α-hetero) is 1. The van der Waals surface area contributed by atoms with Crippen LogP contribution in [0.5, 0.6) is 0 Å². The zero-order valence-corrected chi connectivity index (χ0v) is 17.2. The van der Waals surface area contributed by atoms with Gasteiger partial charge >= 0.3 is 0 Å². The van der Waals surface area contributed by atoms with E-state index in [0.717, 1.165) is 16.5 Å². The van der Waals surface area contributed by atoms with Crippen LogP contribution in [-0.2, 0) is 29.9 Å². The van der Waals surface area contributed by atoms with E-state index in [1.54, 1.807) is 6.07 Å². The van der Waals surface area contributed by atoms with Crippen LogP contribution in [0.4, 0.5) is 0 Å². The van der Waals surface area contributed by atoms with E-state index in [9.17, 15) is 13.2 Å². The standard InChI is InChI=1S/C23H22N2O3S/c1-24-14-16(17-7-3-5-9-19(17)24)13-15-11-12-21-22(23(15)26)18-8-4-6-10-20(18)25(21)29(2,27)28/h3-10,14-15H,11-13H2,1-2H3/t15-/m1/s1. The molecule has 2 aromatic heterocycles. The summed E-state index contributed by atoms with van der Waals surface area (Å²) in [6, 6.07) is 15.5. The van der Waals surface area contributed by atoms with Gasteiger partial charge in [-0.3, -0.25) is 4.79 Å². The number of ketones is 1. The minimum Gasteiger partial charge on any atom is -0.350 e. The van der Waals surface area contributed by atoms with Crippen molar-refractivity contribution >= 4 is 37.6 Å². The van der Waals surface area contributed by atoms with E-state index in [1.165, 1.54) is 15.6 Å². The number of hydrogen-bond acceptors (Lipinski definition) is 3. The van der Waals surface area contributed by atoms with E-state index >= 15 is 0 Å². The molecule has 2 heterocycles. The lowest BCUT2D eigenvalue weighted by atomic mass is 9.81. The van der Waals surface area contributed by atoms with Gasteiger partial charge in [0.1, 0.15) is 0 Å². The molecule has 1 atom stereocenters. The molecule has 0 unspecified atom stereocenters. The van der Waals surface area contributed by atoms with Crippen LogP contribution in [0.15, 0.2) is 54.7 Å². The minimum atomic E-state index is -3.49. The number of rotatable bonds is 3. The van der Waals surface area contributed by atoms with Crippen molar-refractivity contribution in [3.05, 3.63) is 71.5 Å². The van der Waals surface area contributed by atoms with Gasteiger partial charge in [-0.25, -0.2) is 12.4 Å². The van der Waals surface area contributed by atoms with Gasteiger partial charge in [0.25, 0.3) is 0 Å². The molecule has 0 N–H and O–H groups in total. The van der Waals surface area contributed by atoms with Crippen LogP contribution in [0.1, 0.15) is 28.0 Å². The molecule has 1 aliphatic rings. The highest BCUT2D eigenvalue weighted by Gasteiger charge is 2.35. The zero-order valence-electron chi connectivity index (χ0n) is 16.4. The summed E-state index contributed by atoms with van der Waals surface area (Å²) in [4.78, 5) is 13.5. The lowest BCUT2D eigenvalue weighted by Gasteiger charge is -2.22. The smallest absolute Gasteiger partial charge is 0.236 e. The molecule has 0 bridgehead atoms. The molecule has 0 aliphatic heterocycles. The average molecular weight is 407 g/mol. The topological polar surface area (TPSA) is 61.1 Å². The molecular formula is C23H22N2O3S. The number of aromatic nitrogens is 2. The van der Waals surface area contributed by atoms with Crippen molar-refractivity contribution in [2.75, 3.05) is 6.26 Å². The quantitative estimate of drug-likeness (QED) is 0.518. The summed E-state index contributed by atoms with van der Waals surface area (Å²) < 4.78 is 28.4. The second kappa shape index (κ2) is 6.32. The Morgan fingerprint density at radius 3 is 2.38 bits per heavy atom. The van der Waals surface area contributed by atoms with Gasteiger partial charge in [-0.1, -0.05) is 36.4 Å². The Morgan fingerprint density at radius 1 is 1.00 bits per heavy atom. The van der Waals surface area contributed by atoms with Crippen LogP contribution in [0.25, 0.3) is 21.8 Å². The zero-order chi connectivity index (χ0) is 20.3. The summed E-state index contributed by atoms with van der Waals surface area (Å²) in [7, 11) is -1.47. The molecule has 2 aromatic carbocycles. The van der Waals surface area contributed by atoms with Crippen molar-refractivity contribution in [1.29, 1.82) is 0 Å². The normalized spacial score (nSPS) is 17.2. The predicted molar refractivity (Wildman–Crippen MR) is 115 cm³/mol. The van der Waals surface area contributed by atoms with Gasteiger partial charge in [0.2, 0.25) is 10.0 Å². The van der Waals surface area contributed by atoms with Crippen molar-refractivity contribution in [3.63, 3.8) is 0 Å². The average Bonchev–Trinajstić information content (AvgIpc) is 3.20. The van der Waals surface area contributed by atoms with Crippen LogP contribution < -0.4 is 0 Å². The van der Waals surface area contributed by atoms with Gasteiger partial charge in [-0.05, 0) is 37.0 Å². The fourth-order valence-electron chi connectivity index (χ4n) is 4.84. The van der Waals surface area contributed by atoms with Gasteiger partial charge < -0.3 is 4.57 Å². The first-order valence-electron chi connectivity index (χ1n) is 9.76. The molecule has 0 fully saturated rings. The number of nitrogens with zero attached hydrogens (tertiary/aromatic N) is 2. The van der Waals surface area contributed by atoms with Gasteiger partial charge in [0.15, 0.2) is 5.78 Å². The molecule has 5 rings (SSSR count). The molecule has 5 nitrogen and oxygen atoms in total. The van der Waals surface area contributed by atoms with E-state index in [1.807, 2.05) is 37.4 Å². The minimum absolute atomic E-state index is 0.0535. The molecule has 0 saturated heterocycles. The Labute approximate surface area is 169 Å². The molecule has 0 radical (unpaired) electrons. The van der Waals surface area contributed by atoms with Gasteiger partial charge in [0, 0.05) is 46.7 Å². The third-order valence-corrected chi connectivity index (χ3v) is 7.13. The van der Waals surface area contributed by atoms with Crippen LogP contribution in [0.2, 0.25) is 0 Å². The van der Waals surface area contributed by atoms with E-state index in [2.05, 4.69) is 22.9 Å². The summed E-state index contributed by atoms with van der Waals surface area (Å²) in [6.45, 7) is 0. The summed E-state index contributed by atoms with van der Waals surface area (Å²) >= 11 is 0. The number of fused-ring (bicyclic) bond motifs is 4. The number of carbonyl (C=O) groups is 1. The van der Waals surface area contributed by atoms with Gasteiger partial charge in [0.05, 0.1) is 11.8 Å². The first-order valence-corrected chi connectivity index (χ1v) is 11.6. The summed E-state index contributed by atoms with van der Waals surface area (Å²) in [5, 5.41) is 1.91. The molecule has 0 saturated carbocycles. The molecule has 6 heteroatoms. The SMILES string of the molecule is Cn1cc(C[C@H]2CCc3c(c4ccccc4n3S(C)(=O)=O)C2=O)c2ccccc21. The van der Waals surface area contributed by atoms with Gasteiger partial charge in [-0.2, -0.15) is 0 Å². The Morgan fingerprint density at radius 2 is 1.66 bits per heavy atom. The molecule has 1 aliphatic carbocycles. The van der Waals surface area contributed by atoms with Crippen molar-refractivity contribution in [2.45, 2.75) is 19.3 Å². The summed E-state index contributed by atoms with van der Waals surface area (Å²) in [6.07, 6.45) is 5.21. The van der Waals surface area contributed by atoms with Gasteiger partial charge in [-0.15, -0.1) is 0 Å². The first-order chi connectivity index (χ1) is 13.9. The fourth-order valence-corrected chi connectivity index (χ4v) is 5.94. The number of benzene rings is 2. The molecular weight excluding hydrogens is 384 g/mol. The summed E-state index contributed by atoms with van der Waals surface area (Å²) in [5.74, 6) is -0.0927. The van der Waals surface area contributed by atoms with Crippen molar-refractivity contribution in [3.8, 4) is 0 Å². The van der Waals surface area contributed by atoms with Crippen molar-refractivity contribution in [1.82, 2.24) is 8.54 Å². The Balaban J connectivity index is 1.61. The highest BCUT2D eigenvalue weighted by Crippen LogP contribution is 2.37. The fraction of sp³-hybridized carbons (Fsp3) is 0.261. The van der Waals surface area contributed by atoms with E-state index in [4.69, 9.17) is 0 Å². The number of aryl methyl sites for hydroxylation is 1. The van der Waals surface area contributed by atoms with Crippen molar-refractivity contribution in [2.24, 2.45) is 13.0 Å². The van der Waals surface area contributed by atoms with Crippen molar-refractivity contribution < 1.29 is 13.2 Å². The Hall–Kier alpha value is -2.86. The molecule has 4 aromatic rings. The second-order valence-corrected chi connectivity index (χ2v) is 9.78. The van der Waals surface area contributed by atoms with E-state index in [0.29, 0.717) is 36.0 Å². The molecule has 29 heavy (non-hydrogen) atoms. The number of hydrogen-bond donors (Lipinski definition) is 0. The molecule has 148 valence electrons. The van der Waals surface area contributed by atoms with Crippen LogP contribution in [-0.4, -0.2) is 29.0 Å². The third-order valence-electron chi connectivity index (χ3n) is 6.05. The Bertz CT molecular complexity index is 1390. The maximum absolute atomic E-state index is 13.5. The maximum atomic E-state index is 13.5. The second-order valence-electron chi connectivity index (χ2n) is 7.95. The lowest BCUT2D eigenvalue weighted by molar-refractivity contribution is 0.0903. The third kappa shape index (κ3) is 2.74. The highest BCUT2D eigenvalue weighted by atomic mass is 32.2. The molecule has 0 spiro atoms. The summed E-state index contributed by atoms with van der Waals surface area (Å²) in [5.41, 5.74) is 4.13. The maximum Gasteiger partial charge on any atom is 0.236 e.